The Hall–Kier alpha value is -2.86. The van der Waals surface area contributed by atoms with Crippen LogP contribution < -0.4 is 9.46 Å². The van der Waals surface area contributed by atoms with Gasteiger partial charge in [0.05, 0.1) is 4.90 Å². The molecule has 6 heteroatoms. The molecule has 0 unspecified atom stereocenters. The van der Waals surface area contributed by atoms with Gasteiger partial charge in [0.1, 0.15) is 11.4 Å². The first-order valence-electron chi connectivity index (χ1n) is 10.0. The van der Waals surface area contributed by atoms with Crippen molar-refractivity contribution in [2.75, 3.05) is 4.72 Å². The Morgan fingerprint density at radius 1 is 1.00 bits per heavy atom. The third-order valence-electron chi connectivity index (χ3n) is 4.66. The monoisotopic (exact) mass is 424 g/mol. The smallest absolute Gasteiger partial charge is 0.262 e. The first-order valence-corrected chi connectivity index (χ1v) is 11.5. The Balaban J connectivity index is 1.93. The van der Waals surface area contributed by atoms with Crippen molar-refractivity contribution in [3.05, 3.63) is 78.0 Å². The number of benzene rings is 2. The summed E-state index contributed by atoms with van der Waals surface area (Å²) in [5.74, 6) is 0.858. The van der Waals surface area contributed by atoms with E-state index in [0.717, 1.165) is 24.0 Å². The molecule has 1 heterocycles. The standard InChI is InChI=1S/C24H28N2O3S/c1-5-10-18-11-8-12-19(17-18)30(27,28)26-21-14-9-16-25-23(21)29-22-15-7-6-13-20(22)24(2,3)4/h6-9,11-17,26H,5,10H2,1-4H3. The summed E-state index contributed by atoms with van der Waals surface area (Å²) < 4.78 is 34.7. The Morgan fingerprint density at radius 3 is 2.50 bits per heavy atom. The van der Waals surface area contributed by atoms with E-state index in [2.05, 4.69) is 37.4 Å². The largest absolute Gasteiger partial charge is 0.437 e. The van der Waals surface area contributed by atoms with Crippen molar-refractivity contribution in [3.8, 4) is 11.6 Å². The Kier molecular flexibility index (Phi) is 6.46. The van der Waals surface area contributed by atoms with Crippen LogP contribution in [0.15, 0.2) is 71.8 Å². The van der Waals surface area contributed by atoms with Crippen molar-refractivity contribution in [3.63, 3.8) is 0 Å². The second kappa shape index (κ2) is 8.88. The lowest BCUT2D eigenvalue weighted by atomic mass is 9.86. The lowest BCUT2D eigenvalue weighted by Crippen LogP contribution is -2.15. The summed E-state index contributed by atoms with van der Waals surface area (Å²) in [6.07, 6.45) is 3.35. The fraction of sp³-hybridized carbons (Fsp3) is 0.292. The number of sulfonamides is 1. The zero-order valence-corrected chi connectivity index (χ0v) is 18.7. The normalized spacial score (nSPS) is 11.9. The van der Waals surface area contributed by atoms with Gasteiger partial charge in [-0.15, -0.1) is 0 Å². The van der Waals surface area contributed by atoms with E-state index in [1.807, 2.05) is 30.3 Å². The van der Waals surface area contributed by atoms with Gasteiger partial charge in [-0.3, -0.25) is 4.72 Å². The minimum atomic E-state index is -3.78. The van der Waals surface area contributed by atoms with Crippen LogP contribution in [0.1, 0.15) is 45.2 Å². The number of nitrogens with zero attached hydrogens (tertiary/aromatic N) is 1. The molecule has 158 valence electrons. The fourth-order valence-corrected chi connectivity index (χ4v) is 4.32. The van der Waals surface area contributed by atoms with Crippen LogP contribution in [-0.4, -0.2) is 13.4 Å². The maximum absolute atomic E-state index is 13.0. The molecule has 0 aliphatic heterocycles. The molecule has 0 fully saturated rings. The lowest BCUT2D eigenvalue weighted by molar-refractivity contribution is 0.442. The van der Waals surface area contributed by atoms with Gasteiger partial charge in [-0.05, 0) is 47.7 Å². The highest BCUT2D eigenvalue weighted by Crippen LogP contribution is 2.36. The highest BCUT2D eigenvalue weighted by Gasteiger charge is 2.21. The lowest BCUT2D eigenvalue weighted by Gasteiger charge is -2.22. The number of hydrogen-bond donors (Lipinski definition) is 1. The number of aryl methyl sites for hydroxylation is 1. The molecule has 0 aliphatic rings. The van der Waals surface area contributed by atoms with Crippen molar-refractivity contribution in [2.45, 2.75) is 50.8 Å². The maximum Gasteiger partial charge on any atom is 0.262 e. The molecule has 1 N–H and O–H groups in total. The molecule has 3 rings (SSSR count). The molecular weight excluding hydrogens is 396 g/mol. The van der Waals surface area contributed by atoms with Crippen LogP contribution in [0.5, 0.6) is 11.6 Å². The van der Waals surface area contributed by atoms with Crippen molar-refractivity contribution in [2.24, 2.45) is 0 Å². The van der Waals surface area contributed by atoms with Crippen LogP contribution in [-0.2, 0) is 21.9 Å². The van der Waals surface area contributed by atoms with E-state index < -0.39 is 10.0 Å². The summed E-state index contributed by atoms with van der Waals surface area (Å²) in [4.78, 5) is 4.49. The van der Waals surface area contributed by atoms with Gasteiger partial charge in [0.15, 0.2) is 0 Å². The van der Waals surface area contributed by atoms with Gasteiger partial charge in [-0.1, -0.05) is 64.4 Å². The second-order valence-corrected chi connectivity index (χ2v) is 9.89. The third-order valence-corrected chi connectivity index (χ3v) is 6.03. The van der Waals surface area contributed by atoms with Crippen molar-refractivity contribution in [1.82, 2.24) is 4.98 Å². The van der Waals surface area contributed by atoms with Gasteiger partial charge in [0, 0.05) is 11.8 Å². The molecule has 0 atom stereocenters. The van der Waals surface area contributed by atoms with E-state index in [9.17, 15) is 8.42 Å². The maximum atomic E-state index is 13.0. The second-order valence-electron chi connectivity index (χ2n) is 8.21. The zero-order valence-electron chi connectivity index (χ0n) is 17.8. The number of hydrogen-bond acceptors (Lipinski definition) is 4. The first-order chi connectivity index (χ1) is 14.2. The van der Waals surface area contributed by atoms with E-state index >= 15 is 0 Å². The van der Waals surface area contributed by atoms with E-state index in [1.165, 1.54) is 0 Å². The average Bonchev–Trinajstić information content (AvgIpc) is 2.69. The van der Waals surface area contributed by atoms with Crippen LogP contribution in [0, 0.1) is 0 Å². The predicted octanol–water partition coefficient (Wildman–Crippen LogP) is 5.92. The van der Waals surface area contributed by atoms with Crippen LogP contribution in [0.4, 0.5) is 5.69 Å². The minimum Gasteiger partial charge on any atom is -0.437 e. The van der Waals surface area contributed by atoms with Crippen molar-refractivity contribution < 1.29 is 13.2 Å². The van der Waals surface area contributed by atoms with Gasteiger partial charge < -0.3 is 4.74 Å². The molecular formula is C24H28N2O3S. The van der Waals surface area contributed by atoms with Crippen molar-refractivity contribution in [1.29, 1.82) is 0 Å². The van der Waals surface area contributed by atoms with Crippen LogP contribution in [0.2, 0.25) is 0 Å². The van der Waals surface area contributed by atoms with Crippen LogP contribution in [0.25, 0.3) is 0 Å². The van der Waals surface area contributed by atoms with E-state index in [0.29, 0.717) is 11.4 Å². The summed E-state index contributed by atoms with van der Waals surface area (Å²) in [5.41, 5.74) is 2.16. The molecule has 2 aromatic carbocycles. The molecule has 0 saturated carbocycles. The Labute approximate surface area is 179 Å². The first kappa shape index (κ1) is 21.8. The average molecular weight is 425 g/mol. The van der Waals surface area contributed by atoms with Gasteiger partial charge in [-0.2, -0.15) is 0 Å². The molecule has 0 amide bonds. The van der Waals surface area contributed by atoms with Crippen LogP contribution in [0.3, 0.4) is 0 Å². The van der Waals surface area contributed by atoms with Gasteiger partial charge in [0.2, 0.25) is 5.88 Å². The molecule has 0 aliphatic carbocycles. The number of nitrogens with one attached hydrogen (secondary N) is 1. The van der Waals surface area contributed by atoms with E-state index in [-0.39, 0.29) is 16.2 Å². The highest BCUT2D eigenvalue weighted by atomic mass is 32.2. The molecule has 0 spiro atoms. The van der Waals surface area contributed by atoms with E-state index in [1.54, 1.807) is 36.5 Å². The number of anilines is 1. The summed E-state index contributed by atoms with van der Waals surface area (Å²) >= 11 is 0. The predicted molar refractivity (Wildman–Crippen MR) is 121 cm³/mol. The third kappa shape index (κ3) is 5.19. The topological polar surface area (TPSA) is 68.3 Å². The molecule has 0 radical (unpaired) electrons. The zero-order chi connectivity index (χ0) is 21.8. The van der Waals surface area contributed by atoms with Crippen molar-refractivity contribution >= 4 is 15.7 Å². The quantitative estimate of drug-likeness (QED) is 0.511. The molecule has 0 saturated heterocycles. The van der Waals surface area contributed by atoms with Gasteiger partial charge >= 0.3 is 0 Å². The number of ether oxygens (including phenoxy) is 1. The molecule has 30 heavy (non-hydrogen) atoms. The van der Waals surface area contributed by atoms with Gasteiger partial charge in [0.25, 0.3) is 10.0 Å². The molecule has 1 aromatic heterocycles. The fourth-order valence-electron chi connectivity index (χ4n) is 3.19. The minimum absolute atomic E-state index is 0.134. The Bertz CT molecular complexity index is 1120. The summed E-state index contributed by atoms with van der Waals surface area (Å²) in [5, 5.41) is 0. The summed E-state index contributed by atoms with van der Waals surface area (Å²) in [6, 6.07) is 18.0. The van der Waals surface area contributed by atoms with Gasteiger partial charge in [-0.25, -0.2) is 13.4 Å². The Morgan fingerprint density at radius 2 is 1.77 bits per heavy atom. The molecule has 0 bridgehead atoms. The van der Waals surface area contributed by atoms with E-state index in [4.69, 9.17) is 4.74 Å². The highest BCUT2D eigenvalue weighted by molar-refractivity contribution is 7.92. The van der Waals surface area contributed by atoms with Crippen LogP contribution >= 0.6 is 0 Å². The number of aromatic nitrogens is 1. The number of para-hydroxylation sites is 1. The number of pyridine rings is 1. The summed E-state index contributed by atoms with van der Waals surface area (Å²) in [6.45, 7) is 8.36. The SMILES string of the molecule is CCCc1cccc(S(=O)(=O)Nc2cccnc2Oc2ccccc2C(C)(C)C)c1. The summed E-state index contributed by atoms with van der Waals surface area (Å²) in [7, 11) is -3.78. The molecule has 3 aromatic rings. The molecule has 5 nitrogen and oxygen atoms in total. The number of rotatable bonds is 7.